The molecule has 0 spiro atoms. The van der Waals surface area contributed by atoms with Crippen LogP contribution in [-0.4, -0.2) is 24.4 Å². The molecule has 0 radical (unpaired) electrons. The average molecular weight is 727 g/mol. The van der Waals surface area contributed by atoms with Gasteiger partial charge in [0.15, 0.2) is 5.71 Å². The van der Waals surface area contributed by atoms with Crippen LogP contribution < -0.4 is 4.90 Å². The van der Waals surface area contributed by atoms with Crippen molar-refractivity contribution in [3.63, 3.8) is 0 Å². The average Bonchev–Trinajstić information content (AvgIpc) is 3.35. The van der Waals surface area contributed by atoms with E-state index in [2.05, 4.69) is 148 Å². The fraction of sp³-hybridized carbons (Fsp3) is 0.275. The first-order chi connectivity index (χ1) is 23.1. The summed E-state index contributed by atoms with van der Waals surface area (Å²) in [7, 11) is -6.25. The number of likely N-dealkylation sites (N-methyl/N-ethyl adjacent to an activating group) is 1. The molecule has 0 saturated heterocycles. The van der Waals surface area contributed by atoms with Gasteiger partial charge in [-0.2, -0.15) is 4.58 Å². The molecule has 10 heteroatoms. The Morgan fingerprint density at radius 3 is 1.90 bits per heavy atom. The number of fused-ring (bicyclic) bond motifs is 6. The molecule has 4 aromatic rings. The summed E-state index contributed by atoms with van der Waals surface area (Å²) in [6, 6.07) is 26.6. The van der Waals surface area contributed by atoms with E-state index in [0.717, 1.165) is 24.2 Å². The number of hydrogen-bond acceptors (Lipinski definition) is 2. The van der Waals surface area contributed by atoms with Crippen molar-refractivity contribution in [2.24, 2.45) is 0 Å². The zero-order chi connectivity index (χ0) is 36.5. The number of benzene rings is 4. The molecule has 0 fully saturated rings. The first kappa shape index (κ1) is 36.0. The van der Waals surface area contributed by atoms with Crippen LogP contribution in [0.1, 0.15) is 58.1 Å². The second-order valence-corrected chi connectivity index (χ2v) is 16.7. The minimum absolute atomic E-state index is 0.0889. The third kappa shape index (κ3) is 7.04. The number of thiol groups is 1. The molecular formula is C40H41F6N2PS. The van der Waals surface area contributed by atoms with E-state index in [9.17, 15) is 25.2 Å². The summed E-state index contributed by atoms with van der Waals surface area (Å²) in [5.41, 5.74) is 10.6. The van der Waals surface area contributed by atoms with Crippen LogP contribution in [0, 0.1) is 0 Å². The predicted molar refractivity (Wildman–Crippen MR) is 202 cm³/mol. The Balaban J connectivity index is 0.000000561. The van der Waals surface area contributed by atoms with Crippen molar-refractivity contribution in [2.45, 2.75) is 57.8 Å². The number of anilines is 1. The summed E-state index contributed by atoms with van der Waals surface area (Å²) in [4.78, 5) is 3.50. The van der Waals surface area contributed by atoms with Gasteiger partial charge >= 0.3 is 33.0 Å². The van der Waals surface area contributed by atoms with Crippen LogP contribution in [0.4, 0.5) is 36.6 Å². The second kappa shape index (κ2) is 11.6. The summed E-state index contributed by atoms with van der Waals surface area (Å²) >= 11 is 5.13. The molecule has 0 saturated carbocycles. The van der Waals surface area contributed by atoms with E-state index >= 15 is 0 Å². The van der Waals surface area contributed by atoms with Gasteiger partial charge in [-0.15, -0.1) is 12.6 Å². The van der Waals surface area contributed by atoms with E-state index in [1.165, 1.54) is 66.6 Å². The number of allylic oxidation sites excluding steroid dienone is 7. The van der Waals surface area contributed by atoms with E-state index in [4.69, 9.17) is 12.6 Å². The van der Waals surface area contributed by atoms with E-state index in [1.54, 1.807) is 0 Å². The Bertz CT molecular complexity index is 2210. The number of nitrogens with zero attached hydrogens (tertiary/aromatic N) is 2. The molecular weight excluding hydrogens is 685 g/mol. The number of halogens is 6. The van der Waals surface area contributed by atoms with Gasteiger partial charge in [0.05, 0.1) is 5.41 Å². The standard InChI is InChI=1S/C40H40N2S.F6P/c1-39(2)34(41(5)32-22-18-26-12-7-9-16-30(26)36(32)39)24-20-28-14-11-15-29(38(28)43)21-25-35-40(3,4)37-31-17-10-8-13-27(31)19-23-33(37)42(35)6;1-7(2,3,4,5)6/h7-10,12-13,16-25H,11,14-15H2,1-6H3;/q;-1/p+1. The van der Waals surface area contributed by atoms with Crippen molar-refractivity contribution in [2.75, 3.05) is 19.0 Å². The SMILES string of the molecule is CN1C(=CC=C2CCCC(C=CC3=[N+](C)c4ccc5ccccc5c4C3(C)C)=C2S)C(C)(C)c2c1ccc1ccccc21.F[P-](F)(F)(F)(F)F. The number of hydrogen-bond donors (Lipinski definition) is 1. The summed E-state index contributed by atoms with van der Waals surface area (Å²) in [5, 5.41) is 5.30. The fourth-order valence-electron chi connectivity index (χ4n) is 7.98. The van der Waals surface area contributed by atoms with E-state index < -0.39 is 7.81 Å². The molecule has 0 unspecified atom stereocenters. The molecule has 0 amide bonds. The van der Waals surface area contributed by atoms with E-state index in [0.29, 0.717) is 0 Å². The maximum atomic E-state index is 9.87. The van der Waals surface area contributed by atoms with Gasteiger partial charge in [0.2, 0.25) is 5.69 Å². The zero-order valence-corrected chi connectivity index (χ0v) is 30.7. The Morgan fingerprint density at radius 2 is 1.28 bits per heavy atom. The Hall–Kier alpha value is -3.81. The summed E-state index contributed by atoms with van der Waals surface area (Å²) < 4.78 is 61.6. The monoisotopic (exact) mass is 726 g/mol. The number of rotatable bonds is 3. The van der Waals surface area contributed by atoms with Gasteiger partial charge in [-0.05, 0) is 89.6 Å². The Labute approximate surface area is 294 Å². The van der Waals surface area contributed by atoms with E-state index in [-0.39, 0.29) is 10.8 Å². The zero-order valence-electron chi connectivity index (χ0n) is 28.9. The second-order valence-electron chi connectivity index (χ2n) is 14.4. The molecule has 1 aliphatic carbocycles. The van der Waals surface area contributed by atoms with Crippen LogP contribution in [0.5, 0.6) is 0 Å². The fourth-order valence-corrected chi connectivity index (χ4v) is 8.36. The van der Waals surface area contributed by atoms with Crippen molar-refractivity contribution in [3.8, 4) is 0 Å². The van der Waals surface area contributed by atoms with Gasteiger partial charge in [-0.1, -0.05) is 80.6 Å². The molecule has 0 N–H and O–H groups in total. The molecule has 50 heavy (non-hydrogen) atoms. The Morgan fingerprint density at radius 1 is 0.720 bits per heavy atom. The van der Waals surface area contributed by atoms with Crippen LogP contribution >= 0.6 is 20.4 Å². The van der Waals surface area contributed by atoms with Gasteiger partial charge in [-0.25, -0.2) is 0 Å². The topological polar surface area (TPSA) is 6.25 Å². The molecule has 7 rings (SSSR count). The van der Waals surface area contributed by atoms with Crippen molar-refractivity contribution < 1.29 is 29.8 Å². The van der Waals surface area contributed by atoms with Crippen LogP contribution in [-0.2, 0) is 10.8 Å². The molecule has 2 aliphatic heterocycles. The molecule has 2 heterocycles. The van der Waals surface area contributed by atoms with Crippen molar-refractivity contribution in [3.05, 3.63) is 130 Å². The van der Waals surface area contributed by atoms with Crippen molar-refractivity contribution >= 4 is 59.1 Å². The normalized spacial score (nSPS) is 21.5. The summed E-state index contributed by atoms with van der Waals surface area (Å²) in [6.45, 7) is 9.43. The van der Waals surface area contributed by atoms with Gasteiger partial charge in [-0.3, -0.25) is 0 Å². The van der Waals surface area contributed by atoms with Crippen LogP contribution in [0.2, 0.25) is 0 Å². The predicted octanol–water partition coefficient (Wildman–Crippen LogP) is 13.5. The van der Waals surface area contributed by atoms with E-state index in [1.807, 2.05) is 0 Å². The first-order valence-corrected chi connectivity index (χ1v) is 19.0. The molecule has 0 aromatic heterocycles. The molecule has 0 bridgehead atoms. The minimum atomic E-state index is -10.7. The first-order valence-electron chi connectivity index (χ1n) is 16.5. The van der Waals surface area contributed by atoms with Gasteiger partial charge in [0, 0.05) is 46.5 Å². The van der Waals surface area contributed by atoms with Crippen LogP contribution in [0.25, 0.3) is 21.5 Å². The molecule has 3 aliphatic rings. The van der Waals surface area contributed by atoms with Gasteiger partial charge in [0.25, 0.3) is 0 Å². The molecule has 264 valence electrons. The third-order valence-corrected chi connectivity index (χ3v) is 10.7. The summed E-state index contributed by atoms with van der Waals surface area (Å²) in [6.07, 6.45) is 12.6. The van der Waals surface area contributed by atoms with Crippen LogP contribution in [0.3, 0.4) is 0 Å². The molecule has 0 atom stereocenters. The van der Waals surface area contributed by atoms with Gasteiger partial charge in [0.1, 0.15) is 7.05 Å². The Kier molecular flexibility index (Phi) is 8.36. The van der Waals surface area contributed by atoms with Crippen molar-refractivity contribution in [1.82, 2.24) is 0 Å². The molecule has 2 nitrogen and oxygen atoms in total. The quantitative estimate of drug-likeness (QED) is 0.0955. The third-order valence-electron chi connectivity index (χ3n) is 10.2. The van der Waals surface area contributed by atoms with Crippen LogP contribution in [0.15, 0.2) is 119 Å². The maximum absolute atomic E-state index is 10.7. The van der Waals surface area contributed by atoms with Crippen molar-refractivity contribution in [1.29, 1.82) is 0 Å². The summed E-state index contributed by atoms with van der Waals surface area (Å²) in [5.74, 6) is 0. The molecule has 4 aromatic carbocycles. The van der Waals surface area contributed by atoms with Gasteiger partial charge < -0.3 is 4.90 Å².